The maximum Gasteiger partial charge on any atom is 0.167 e. The molecule has 0 radical (unpaired) electrons. The van der Waals surface area contributed by atoms with Crippen LogP contribution < -0.4 is 5.73 Å². The van der Waals surface area contributed by atoms with E-state index in [2.05, 4.69) is 17.1 Å². The Kier molecular flexibility index (Phi) is 3.33. The molecule has 0 atom stereocenters. The van der Waals surface area contributed by atoms with Crippen molar-refractivity contribution in [1.29, 1.82) is 0 Å². The molecule has 0 fully saturated rings. The van der Waals surface area contributed by atoms with E-state index in [9.17, 15) is 0 Å². The summed E-state index contributed by atoms with van der Waals surface area (Å²) in [5.41, 5.74) is 7.36. The van der Waals surface area contributed by atoms with Crippen molar-refractivity contribution in [3.63, 3.8) is 0 Å². The molecule has 1 aromatic heterocycles. The molecule has 0 aliphatic heterocycles. The topological polar surface area (TPSA) is 56.7 Å². The minimum Gasteiger partial charge on any atom is -0.398 e. The summed E-state index contributed by atoms with van der Waals surface area (Å²) in [7, 11) is 0. The van der Waals surface area contributed by atoms with Gasteiger partial charge in [-0.15, -0.1) is 10.2 Å². The van der Waals surface area contributed by atoms with Gasteiger partial charge in [0.25, 0.3) is 0 Å². The molecule has 2 N–H and O–H groups in total. The third-order valence-corrected chi connectivity index (χ3v) is 2.97. The Morgan fingerprint density at radius 3 is 2.76 bits per heavy atom. The molecule has 0 saturated heterocycles. The third kappa shape index (κ3) is 2.13. The summed E-state index contributed by atoms with van der Waals surface area (Å²) in [5.74, 6) is 1.62. The lowest BCUT2D eigenvalue weighted by molar-refractivity contribution is 0.663. The molecule has 4 nitrogen and oxygen atoms in total. The number of hydrogen-bond donors (Lipinski definition) is 1. The van der Waals surface area contributed by atoms with Crippen LogP contribution in [0.2, 0.25) is 5.02 Å². The summed E-state index contributed by atoms with van der Waals surface area (Å²) in [4.78, 5) is 0. The van der Waals surface area contributed by atoms with E-state index in [1.54, 1.807) is 0 Å². The summed E-state index contributed by atoms with van der Waals surface area (Å²) in [6.07, 6.45) is 1.01. The molecule has 2 rings (SSSR count). The number of nitrogens with zero attached hydrogens (tertiary/aromatic N) is 3. The summed E-state index contributed by atoms with van der Waals surface area (Å²) in [6, 6.07) is 5.46. The van der Waals surface area contributed by atoms with Crippen LogP contribution in [0.15, 0.2) is 18.2 Å². The van der Waals surface area contributed by atoms with Gasteiger partial charge in [-0.1, -0.05) is 24.6 Å². The molecule has 1 aromatic carbocycles. The van der Waals surface area contributed by atoms with Gasteiger partial charge in [0.05, 0.1) is 10.6 Å². The van der Waals surface area contributed by atoms with E-state index < -0.39 is 0 Å². The first-order valence-electron chi connectivity index (χ1n) is 5.59. The summed E-state index contributed by atoms with van der Waals surface area (Å²) in [6.45, 7) is 4.90. The summed E-state index contributed by atoms with van der Waals surface area (Å²) < 4.78 is 2.04. The smallest absolute Gasteiger partial charge is 0.167 e. The Bertz CT molecular complexity index is 513. The van der Waals surface area contributed by atoms with Crippen molar-refractivity contribution < 1.29 is 0 Å². The summed E-state index contributed by atoms with van der Waals surface area (Å²) >= 11 is 6.18. The van der Waals surface area contributed by atoms with Crippen LogP contribution in [0.5, 0.6) is 0 Å². The zero-order valence-corrected chi connectivity index (χ0v) is 10.7. The van der Waals surface area contributed by atoms with Gasteiger partial charge in [-0.05, 0) is 25.5 Å². The van der Waals surface area contributed by atoms with Crippen LogP contribution in [0.3, 0.4) is 0 Å². The van der Waals surface area contributed by atoms with Gasteiger partial charge in [-0.3, -0.25) is 0 Å². The predicted molar refractivity (Wildman–Crippen MR) is 69.9 cm³/mol. The summed E-state index contributed by atoms with van der Waals surface area (Å²) in [5, 5.41) is 8.87. The van der Waals surface area contributed by atoms with Crippen molar-refractivity contribution >= 4 is 17.3 Å². The van der Waals surface area contributed by atoms with E-state index in [0.29, 0.717) is 10.7 Å². The van der Waals surface area contributed by atoms with Crippen LogP contribution in [-0.4, -0.2) is 14.8 Å². The molecular formula is C12H15ClN4. The number of aromatic nitrogens is 3. The number of benzene rings is 1. The largest absolute Gasteiger partial charge is 0.398 e. The van der Waals surface area contributed by atoms with Crippen LogP contribution in [0.25, 0.3) is 11.4 Å². The van der Waals surface area contributed by atoms with Crippen molar-refractivity contribution in [3.8, 4) is 11.4 Å². The molecule has 0 unspecified atom stereocenters. The number of rotatable bonds is 3. The second kappa shape index (κ2) is 4.75. The fraction of sp³-hybridized carbons (Fsp3) is 0.333. The lowest BCUT2D eigenvalue weighted by Crippen LogP contribution is -2.04. The standard InChI is InChI=1S/C12H15ClN4/c1-3-7-17-8(2)15-16-12(17)11-9(13)5-4-6-10(11)14/h4-6H,3,7,14H2,1-2H3. The van der Waals surface area contributed by atoms with Gasteiger partial charge in [-0.25, -0.2) is 0 Å². The normalized spacial score (nSPS) is 10.8. The molecule has 0 bridgehead atoms. The quantitative estimate of drug-likeness (QED) is 0.853. The van der Waals surface area contributed by atoms with Gasteiger partial charge in [0, 0.05) is 12.2 Å². The monoisotopic (exact) mass is 250 g/mol. The van der Waals surface area contributed by atoms with Crippen LogP contribution in [0.1, 0.15) is 19.2 Å². The molecule has 0 aliphatic rings. The number of aryl methyl sites for hydroxylation is 1. The first-order valence-corrected chi connectivity index (χ1v) is 5.97. The fourth-order valence-corrected chi connectivity index (χ4v) is 2.10. The van der Waals surface area contributed by atoms with Crippen molar-refractivity contribution in [2.45, 2.75) is 26.8 Å². The highest BCUT2D eigenvalue weighted by Crippen LogP contribution is 2.32. The van der Waals surface area contributed by atoms with Crippen LogP contribution in [0, 0.1) is 6.92 Å². The highest BCUT2D eigenvalue weighted by molar-refractivity contribution is 6.33. The van der Waals surface area contributed by atoms with E-state index in [0.717, 1.165) is 30.2 Å². The van der Waals surface area contributed by atoms with Crippen LogP contribution in [-0.2, 0) is 6.54 Å². The third-order valence-electron chi connectivity index (χ3n) is 2.65. The Labute approximate surface area is 105 Å². The van der Waals surface area contributed by atoms with E-state index in [-0.39, 0.29) is 0 Å². The van der Waals surface area contributed by atoms with Crippen molar-refractivity contribution in [2.24, 2.45) is 0 Å². The zero-order valence-electron chi connectivity index (χ0n) is 9.94. The lowest BCUT2D eigenvalue weighted by atomic mass is 10.1. The van der Waals surface area contributed by atoms with Crippen LogP contribution >= 0.6 is 11.6 Å². The molecule has 2 aromatic rings. The first kappa shape index (κ1) is 11.9. The molecular weight excluding hydrogens is 236 g/mol. The number of nitrogens with two attached hydrogens (primary N) is 1. The van der Waals surface area contributed by atoms with Gasteiger partial charge in [0.2, 0.25) is 0 Å². The maximum absolute atomic E-state index is 6.18. The van der Waals surface area contributed by atoms with Crippen molar-refractivity contribution in [2.75, 3.05) is 5.73 Å². The van der Waals surface area contributed by atoms with Crippen LogP contribution in [0.4, 0.5) is 5.69 Å². The second-order valence-electron chi connectivity index (χ2n) is 3.93. The Morgan fingerprint density at radius 1 is 1.35 bits per heavy atom. The first-order chi connectivity index (χ1) is 8.15. The minimum atomic E-state index is 0.606. The highest BCUT2D eigenvalue weighted by Gasteiger charge is 2.15. The highest BCUT2D eigenvalue weighted by atomic mass is 35.5. The average molecular weight is 251 g/mol. The maximum atomic E-state index is 6.18. The van der Waals surface area contributed by atoms with E-state index in [1.165, 1.54) is 0 Å². The average Bonchev–Trinajstić information content (AvgIpc) is 2.62. The number of anilines is 1. The number of halogens is 1. The molecule has 5 heteroatoms. The van der Waals surface area contributed by atoms with E-state index in [4.69, 9.17) is 17.3 Å². The predicted octanol–water partition coefficient (Wildman–Crippen LogP) is 2.90. The van der Waals surface area contributed by atoms with Gasteiger partial charge in [0.1, 0.15) is 5.82 Å². The molecule has 0 spiro atoms. The number of hydrogen-bond acceptors (Lipinski definition) is 3. The van der Waals surface area contributed by atoms with Gasteiger partial charge in [-0.2, -0.15) is 0 Å². The molecule has 90 valence electrons. The van der Waals surface area contributed by atoms with E-state index >= 15 is 0 Å². The Morgan fingerprint density at radius 2 is 2.12 bits per heavy atom. The SMILES string of the molecule is CCCn1c(C)nnc1-c1c(N)cccc1Cl. The number of nitrogen functional groups attached to an aromatic ring is 1. The van der Waals surface area contributed by atoms with E-state index in [1.807, 2.05) is 29.7 Å². The van der Waals surface area contributed by atoms with Gasteiger partial charge in [0.15, 0.2) is 5.82 Å². The Balaban J connectivity index is 2.60. The molecule has 0 amide bonds. The molecule has 0 aliphatic carbocycles. The molecule has 1 heterocycles. The zero-order chi connectivity index (χ0) is 12.4. The second-order valence-corrected chi connectivity index (χ2v) is 4.33. The van der Waals surface area contributed by atoms with Gasteiger partial charge < -0.3 is 10.3 Å². The van der Waals surface area contributed by atoms with Crippen molar-refractivity contribution in [3.05, 3.63) is 29.0 Å². The minimum absolute atomic E-state index is 0.606. The molecule has 0 saturated carbocycles. The molecule has 17 heavy (non-hydrogen) atoms. The van der Waals surface area contributed by atoms with Crippen molar-refractivity contribution in [1.82, 2.24) is 14.8 Å². The Hall–Kier alpha value is -1.55. The fourth-order valence-electron chi connectivity index (χ4n) is 1.83. The lowest BCUT2D eigenvalue weighted by Gasteiger charge is -2.10. The van der Waals surface area contributed by atoms with Gasteiger partial charge >= 0.3 is 0 Å².